The summed E-state index contributed by atoms with van der Waals surface area (Å²) in [5.41, 5.74) is 0. The van der Waals surface area contributed by atoms with Crippen LogP contribution in [0.1, 0.15) is 52.4 Å². The van der Waals surface area contributed by atoms with Crippen LogP contribution >= 0.6 is 0 Å². The van der Waals surface area contributed by atoms with E-state index in [2.05, 4.69) is 13.8 Å². The maximum atomic E-state index is 8.51. The molecule has 0 bridgehead atoms. The number of ether oxygens (including phenoxy) is 2. The predicted octanol–water partition coefficient (Wildman–Crippen LogP) is 2.76. The van der Waals surface area contributed by atoms with Crippen molar-refractivity contribution in [2.45, 2.75) is 58.5 Å². The van der Waals surface area contributed by atoms with Gasteiger partial charge >= 0.3 is 0 Å². The average Bonchev–Trinajstić information content (AvgIpc) is 2.31. The van der Waals surface area contributed by atoms with Gasteiger partial charge in [-0.1, -0.05) is 33.1 Å². The maximum Gasteiger partial charge on any atom is 0.0697 e. The molecule has 0 spiro atoms. The first-order valence-corrected chi connectivity index (χ1v) is 6.65. The van der Waals surface area contributed by atoms with Gasteiger partial charge in [0.2, 0.25) is 0 Å². The summed E-state index contributed by atoms with van der Waals surface area (Å²) in [6.07, 6.45) is 7.47. The lowest BCUT2D eigenvalue weighted by Gasteiger charge is -2.15. The minimum Gasteiger partial charge on any atom is -0.394 e. The molecule has 1 N–H and O–H groups in total. The molecule has 3 nitrogen and oxygen atoms in total. The molecule has 0 aliphatic heterocycles. The third kappa shape index (κ3) is 10.4. The van der Waals surface area contributed by atoms with E-state index in [1.54, 1.807) is 0 Å². The van der Waals surface area contributed by atoms with Crippen molar-refractivity contribution < 1.29 is 14.6 Å². The molecular weight excluding hydrogens is 204 g/mol. The Balaban J connectivity index is 3.26. The molecule has 3 heteroatoms. The predicted molar refractivity (Wildman–Crippen MR) is 66.7 cm³/mol. The van der Waals surface area contributed by atoms with Gasteiger partial charge in [0, 0.05) is 13.2 Å². The van der Waals surface area contributed by atoms with Crippen LogP contribution in [-0.4, -0.2) is 37.6 Å². The number of hydrogen-bond acceptors (Lipinski definition) is 3. The maximum absolute atomic E-state index is 8.51. The molecule has 1 unspecified atom stereocenters. The Morgan fingerprint density at radius 3 is 2.44 bits per heavy atom. The molecule has 0 aromatic heterocycles. The summed E-state index contributed by atoms with van der Waals surface area (Å²) in [6.45, 7) is 6.41. The summed E-state index contributed by atoms with van der Waals surface area (Å²) in [5, 5.41) is 8.51. The van der Waals surface area contributed by atoms with E-state index in [1.165, 1.54) is 25.7 Å². The number of hydrogen-bond donors (Lipinski definition) is 1. The van der Waals surface area contributed by atoms with Crippen molar-refractivity contribution in [1.82, 2.24) is 0 Å². The normalized spacial score (nSPS) is 12.9. The molecule has 0 fully saturated rings. The van der Waals surface area contributed by atoms with Crippen molar-refractivity contribution in [1.29, 1.82) is 0 Å². The van der Waals surface area contributed by atoms with E-state index in [1.807, 2.05) is 0 Å². The molecule has 0 rings (SSSR count). The van der Waals surface area contributed by atoms with Crippen LogP contribution in [0.2, 0.25) is 0 Å². The highest BCUT2D eigenvalue weighted by atomic mass is 16.5. The van der Waals surface area contributed by atoms with Crippen LogP contribution in [0.5, 0.6) is 0 Å². The lowest BCUT2D eigenvalue weighted by molar-refractivity contribution is 0.0211. The van der Waals surface area contributed by atoms with E-state index < -0.39 is 0 Å². The van der Waals surface area contributed by atoms with E-state index in [4.69, 9.17) is 14.6 Å². The Kier molecular flexibility index (Phi) is 12.9. The molecule has 0 saturated carbocycles. The van der Waals surface area contributed by atoms with E-state index in [0.29, 0.717) is 19.3 Å². The summed E-state index contributed by atoms with van der Waals surface area (Å²) in [5.74, 6) is 0. The first kappa shape index (κ1) is 15.9. The SMILES string of the molecule is CCCCCC(CC)OCCCOCCO. The zero-order valence-corrected chi connectivity index (χ0v) is 10.9. The van der Waals surface area contributed by atoms with Crippen molar-refractivity contribution in [2.75, 3.05) is 26.4 Å². The van der Waals surface area contributed by atoms with Gasteiger partial charge in [0.15, 0.2) is 0 Å². The number of aliphatic hydroxyl groups excluding tert-OH is 1. The molecule has 0 aromatic carbocycles. The Hall–Kier alpha value is -0.120. The molecule has 0 heterocycles. The number of aliphatic hydroxyl groups is 1. The summed E-state index contributed by atoms with van der Waals surface area (Å²) < 4.78 is 10.9. The first-order chi connectivity index (χ1) is 7.85. The zero-order valence-electron chi connectivity index (χ0n) is 10.9. The minimum absolute atomic E-state index is 0.107. The van der Waals surface area contributed by atoms with Crippen molar-refractivity contribution >= 4 is 0 Å². The van der Waals surface area contributed by atoms with Gasteiger partial charge in [-0.25, -0.2) is 0 Å². The quantitative estimate of drug-likeness (QED) is 0.526. The highest BCUT2D eigenvalue weighted by molar-refractivity contribution is 4.55. The van der Waals surface area contributed by atoms with Crippen LogP contribution in [0, 0.1) is 0 Å². The van der Waals surface area contributed by atoms with Gasteiger partial charge in [0.25, 0.3) is 0 Å². The van der Waals surface area contributed by atoms with Gasteiger partial charge in [-0.2, -0.15) is 0 Å². The van der Waals surface area contributed by atoms with Crippen LogP contribution in [0.4, 0.5) is 0 Å². The van der Waals surface area contributed by atoms with Gasteiger partial charge in [0.1, 0.15) is 0 Å². The van der Waals surface area contributed by atoms with Crippen LogP contribution in [0.15, 0.2) is 0 Å². The average molecular weight is 232 g/mol. The molecule has 0 aliphatic rings. The monoisotopic (exact) mass is 232 g/mol. The Bertz CT molecular complexity index is 128. The van der Waals surface area contributed by atoms with Crippen LogP contribution in [-0.2, 0) is 9.47 Å². The van der Waals surface area contributed by atoms with Crippen LogP contribution < -0.4 is 0 Å². The standard InChI is InChI=1S/C13H28O3/c1-3-5-6-8-13(4-2)16-11-7-10-15-12-9-14/h13-14H,3-12H2,1-2H3. The fourth-order valence-corrected chi connectivity index (χ4v) is 1.60. The van der Waals surface area contributed by atoms with Crippen LogP contribution in [0.25, 0.3) is 0 Å². The van der Waals surface area contributed by atoms with Gasteiger partial charge in [0.05, 0.1) is 19.3 Å². The largest absolute Gasteiger partial charge is 0.394 e. The van der Waals surface area contributed by atoms with Crippen molar-refractivity contribution in [3.8, 4) is 0 Å². The van der Waals surface area contributed by atoms with Gasteiger partial charge in [-0.15, -0.1) is 0 Å². The smallest absolute Gasteiger partial charge is 0.0697 e. The molecular formula is C13H28O3. The Labute approximate surface area is 100 Å². The van der Waals surface area contributed by atoms with E-state index in [0.717, 1.165) is 19.4 Å². The van der Waals surface area contributed by atoms with Crippen molar-refractivity contribution in [2.24, 2.45) is 0 Å². The molecule has 98 valence electrons. The number of rotatable bonds is 12. The Morgan fingerprint density at radius 1 is 1.00 bits per heavy atom. The van der Waals surface area contributed by atoms with E-state index in [9.17, 15) is 0 Å². The molecule has 0 aliphatic carbocycles. The fourth-order valence-electron chi connectivity index (χ4n) is 1.60. The Morgan fingerprint density at radius 2 is 1.81 bits per heavy atom. The second kappa shape index (κ2) is 12.9. The van der Waals surface area contributed by atoms with E-state index >= 15 is 0 Å². The van der Waals surface area contributed by atoms with E-state index in [-0.39, 0.29) is 6.61 Å². The molecule has 0 radical (unpaired) electrons. The summed E-state index contributed by atoms with van der Waals surface area (Å²) in [4.78, 5) is 0. The highest BCUT2D eigenvalue weighted by Gasteiger charge is 2.05. The summed E-state index contributed by atoms with van der Waals surface area (Å²) >= 11 is 0. The van der Waals surface area contributed by atoms with Crippen molar-refractivity contribution in [3.63, 3.8) is 0 Å². The second-order valence-electron chi connectivity index (χ2n) is 4.09. The van der Waals surface area contributed by atoms with Gasteiger partial charge < -0.3 is 14.6 Å². The fraction of sp³-hybridized carbons (Fsp3) is 1.00. The lowest BCUT2D eigenvalue weighted by Crippen LogP contribution is -2.14. The van der Waals surface area contributed by atoms with Crippen LogP contribution in [0.3, 0.4) is 0 Å². The topological polar surface area (TPSA) is 38.7 Å². The minimum atomic E-state index is 0.107. The summed E-state index contributed by atoms with van der Waals surface area (Å²) in [6, 6.07) is 0. The molecule has 0 amide bonds. The molecule has 1 atom stereocenters. The molecule has 0 saturated heterocycles. The van der Waals surface area contributed by atoms with Gasteiger partial charge in [-0.05, 0) is 19.3 Å². The lowest BCUT2D eigenvalue weighted by atomic mass is 10.1. The third-order valence-corrected chi connectivity index (χ3v) is 2.61. The summed E-state index contributed by atoms with van der Waals surface area (Å²) in [7, 11) is 0. The molecule has 16 heavy (non-hydrogen) atoms. The second-order valence-corrected chi connectivity index (χ2v) is 4.09. The van der Waals surface area contributed by atoms with Gasteiger partial charge in [-0.3, -0.25) is 0 Å². The van der Waals surface area contributed by atoms with Crippen molar-refractivity contribution in [3.05, 3.63) is 0 Å². The third-order valence-electron chi connectivity index (χ3n) is 2.61. The first-order valence-electron chi connectivity index (χ1n) is 6.65. The number of unbranched alkanes of at least 4 members (excludes halogenated alkanes) is 2. The highest BCUT2D eigenvalue weighted by Crippen LogP contribution is 2.10. The zero-order chi connectivity index (χ0) is 12.1. The molecule has 0 aromatic rings.